The molecule has 2 rings (SSSR count). The second kappa shape index (κ2) is 9.40. The van der Waals surface area contributed by atoms with E-state index in [1.165, 1.54) is 11.8 Å². The Morgan fingerprint density at radius 1 is 1.38 bits per heavy atom. The molecule has 0 spiro atoms. The third-order valence-corrected chi connectivity index (χ3v) is 4.83. The number of hydrogen-bond acceptors (Lipinski definition) is 6. The number of aromatic amines is 1. The van der Waals surface area contributed by atoms with Gasteiger partial charge in [-0.05, 0) is 31.5 Å². The minimum atomic E-state index is -0.417. The lowest BCUT2D eigenvalue weighted by atomic mass is 10.2. The maximum atomic E-state index is 12.3. The van der Waals surface area contributed by atoms with Crippen LogP contribution in [0.1, 0.15) is 23.7 Å². The summed E-state index contributed by atoms with van der Waals surface area (Å²) in [6.45, 7) is 3.78. The first-order chi connectivity index (χ1) is 12.4. The Kier molecular flexibility index (Phi) is 7.23. The molecule has 0 aliphatic rings. The Morgan fingerprint density at radius 3 is 2.65 bits per heavy atom. The molecule has 1 aromatic heterocycles. The van der Waals surface area contributed by atoms with Crippen LogP contribution in [0.25, 0.3) is 0 Å². The molecular formula is C18H23N3O4S. The normalized spacial score (nSPS) is 11.8. The van der Waals surface area contributed by atoms with E-state index >= 15 is 0 Å². The average Bonchev–Trinajstić information content (AvgIpc) is 2.63. The number of thioether (sulfide) groups is 1. The second-order valence-corrected chi connectivity index (χ2v) is 7.06. The van der Waals surface area contributed by atoms with Crippen molar-refractivity contribution < 1.29 is 14.6 Å². The SMILES string of the molecule is COc1ccc(CNC(=O)C(C)Sc2nc(C)c(CCO)c(=O)[nH]2)cc1. The smallest absolute Gasteiger partial charge is 0.255 e. The van der Waals surface area contributed by atoms with Crippen LogP contribution in [0.3, 0.4) is 0 Å². The van der Waals surface area contributed by atoms with Gasteiger partial charge in [0.15, 0.2) is 5.16 Å². The minimum Gasteiger partial charge on any atom is -0.497 e. The molecule has 26 heavy (non-hydrogen) atoms. The first kappa shape index (κ1) is 20.0. The van der Waals surface area contributed by atoms with Gasteiger partial charge >= 0.3 is 0 Å². The number of benzene rings is 1. The van der Waals surface area contributed by atoms with Gasteiger partial charge in [0, 0.05) is 30.8 Å². The number of carbonyl (C=O) groups is 1. The van der Waals surface area contributed by atoms with Gasteiger partial charge in [0.1, 0.15) is 5.75 Å². The lowest BCUT2D eigenvalue weighted by Crippen LogP contribution is -2.31. The van der Waals surface area contributed by atoms with Crippen molar-refractivity contribution in [2.75, 3.05) is 13.7 Å². The Bertz CT molecular complexity index is 805. The van der Waals surface area contributed by atoms with Crippen LogP contribution in [-0.4, -0.2) is 39.9 Å². The van der Waals surface area contributed by atoms with Crippen LogP contribution in [0.15, 0.2) is 34.2 Å². The summed E-state index contributed by atoms with van der Waals surface area (Å²) >= 11 is 1.19. The van der Waals surface area contributed by atoms with E-state index in [4.69, 9.17) is 9.84 Å². The number of H-pyrrole nitrogens is 1. The summed E-state index contributed by atoms with van der Waals surface area (Å²) in [5.41, 5.74) is 1.72. The van der Waals surface area contributed by atoms with Gasteiger partial charge in [-0.3, -0.25) is 9.59 Å². The van der Waals surface area contributed by atoms with Gasteiger partial charge in [-0.1, -0.05) is 23.9 Å². The third-order valence-electron chi connectivity index (χ3n) is 3.85. The number of carbonyl (C=O) groups excluding carboxylic acids is 1. The number of methoxy groups -OCH3 is 1. The molecule has 0 aliphatic heterocycles. The number of aliphatic hydroxyl groups excluding tert-OH is 1. The van der Waals surface area contributed by atoms with Gasteiger partial charge in [-0.2, -0.15) is 0 Å². The van der Waals surface area contributed by atoms with E-state index < -0.39 is 5.25 Å². The lowest BCUT2D eigenvalue weighted by Gasteiger charge is -2.12. The van der Waals surface area contributed by atoms with E-state index in [-0.39, 0.29) is 24.5 Å². The first-order valence-corrected chi connectivity index (χ1v) is 9.10. The summed E-state index contributed by atoms with van der Waals surface area (Å²) in [4.78, 5) is 31.3. The fourth-order valence-corrected chi connectivity index (χ4v) is 3.21. The van der Waals surface area contributed by atoms with E-state index in [0.29, 0.717) is 23.0 Å². The van der Waals surface area contributed by atoms with Crippen molar-refractivity contribution in [3.63, 3.8) is 0 Å². The molecule has 140 valence electrons. The van der Waals surface area contributed by atoms with Crippen LogP contribution < -0.4 is 15.6 Å². The summed E-state index contributed by atoms with van der Waals surface area (Å²) in [6.07, 6.45) is 0.261. The number of aliphatic hydroxyl groups is 1. The lowest BCUT2D eigenvalue weighted by molar-refractivity contribution is -0.120. The van der Waals surface area contributed by atoms with Gasteiger partial charge in [0.05, 0.1) is 12.4 Å². The first-order valence-electron chi connectivity index (χ1n) is 8.22. The molecule has 1 atom stereocenters. The van der Waals surface area contributed by atoms with E-state index in [2.05, 4.69) is 15.3 Å². The predicted molar refractivity (Wildman–Crippen MR) is 101 cm³/mol. The molecule has 0 bridgehead atoms. The zero-order valence-electron chi connectivity index (χ0n) is 15.0. The summed E-state index contributed by atoms with van der Waals surface area (Å²) in [5, 5.41) is 11.8. The topological polar surface area (TPSA) is 104 Å². The Balaban J connectivity index is 1.95. The van der Waals surface area contributed by atoms with Crippen LogP contribution in [0.5, 0.6) is 5.75 Å². The Morgan fingerprint density at radius 2 is 2.08 bits per heavy atom. The van der Waals surface area contributed by atoms with Gasteiger partial charge in [-0.25, -0.2) is 4.98 Å². The highest BCUT2D eigenvalue weighted by atomic mass is 32.2. The number of nitrogens with one attached hydrogen (secondary N) is 2. The monoisotopic (exact) mass is 377 g/mol. The van der Waals surface area contributed by atoms with Crippen molar-refractivity contribution in [1.82, 2.24) is 15.3 Å². The van der Waals surface area contributed by atoms with Crippen LogP contribution in [0.4, 0.5) is 0 Å². The zero-order valence-corrected chi connectivity index (χ0v) is 15.9. The third kappa shape index (κ3) is 5.34. The molecule has 1 heterocycles. The molecule has 2 aromatic rings. The zero-order chi connectivity index (χ0) is 19.1. The van der Waals surface area contributed by atoms with Gasteiger partial charge in [0.2, 0.25) is 5.91 Å². The van der Waals surface area contributed by atoms with E-state index in [1.54, 1.807) is 21.0 Å². The van der Waals surface area contributed by atoms with Crippen LogP contribution in [-0.2, 0) is 17.8 Å². The number of hydrogen-bond donors (Lipinski definition) is 3. The van der Waals surface area contributed by atoms with E-state index in [1.807, 2.05) is 24.3 Å². The Labute approximate surface area is 156 Å². The van der Waals surface area contributed by atoms with E-state index in [9.17, 15) is 9.59 Å². The number of amides is 1. The highest BCUT2D eigenvalue weighted by Gasteiger charge is 2.17. The highest BCUT2D eigenvalue weighted by molar-refractivity contribution is 8.00. The summed E-state index contributed by atoms with van der Waals surface area (Å²) in [6, 6.07) is 7.45. The average molecular weight is 377 g/mol. The molecule has 0 saturated carbocycles. The van der Waals surface area contributed by atoms with Crippen molar-refractivity contribution in [3.8, 4) is 5.75 Å². The molecule has 1 unspecified atom stereocenters. The predicted octanol–water partition coefficient (Wildman–Crippen LogP) is 1.42. The van der Waals surface area contributed by atoms with Crippen LogP contribution in [0, 0.1) is 6.92 Å². The maximum absolute atomic E-state index is 12.3. The van der Waals surface area contributed by atoms with Gasteiger partial charge in [-0.15, -0.1) is 0 Å². The number of rotatable bonds is 8. The van der Waals surface area contributed by atoms with E-state index in [0.717, 1.165) is 11.3 Å². The second-order valence-electron chi connectivity index (χ2n) is 5.73. The molecule has 0 radical (unpaired) electrons. The number of nitrogens with zero attached hydrogens (tertiary/aromatic N) is 1. The van der Waals surface area contributed by atoms with Crippen molar-refractivity contribution >= 4 is 17.7 Å². The fraction of sp³-hybridized carbons (Fsp3) is 0.389. The standard InChI is InChI=1S/C18H23N3O4S/c1-11-15(8-9-22)17(24)21-18(20-11)26-12(2)16(23)19-10-13-4-6-14(25-3)7-5-13/h4-7,12,22H,8-10H2,1-3H3,(H,19,23)(H,20,21,24). The summed E-state index contributed by atoms with van der Waals surface area (Å²) < 4.78 is 5.10. The number of aryl methyl sites for hydroxylation is 1. The number of ether oxygens (including phenoxy) is 1. The number of aromatic nitrogens is 2. The minimum absolute atomic E-state index is 0.109. The van der Waals surface area contributed by atoms with Crippen LogP contribution >= 0.6 is 11.8 Å². The summed E-state index contributed by atoms with van der Waals surface area (Å²) in [7, 11) is 1.60. The van der Waals surface area contributed by atoms with Crippen LogP contribution in [0.2, 0.25) is 0 Å². The molecule has 8 heteroatoms. The fourth-order valence-electron chi connectivity index (χ4n) is 2.34. The van der Waals surface area contributed by atoms with Gasteiger partial charge in [0.25, 0.3) is 5.56 Å². The molecule has 1 amide bonds. The summed E-state index contributed by atoms with van der Waals surface area (Å²) in [5.74, 6) is 0.615. The Hall–Kier alpha value is -2.32. The van der Waals surface area contributed by atoms with Crippen molar-refractivity contribution in [2.24, 2.45) is 0 Å². The largest absolute Gasteiger partial charge is 0.497 e. The van der Waals surface area contributed by atoms with Crippen molar-refractivity contribution in [2.45, 2.75) is 37.2 Å². The molecule has 1 aromatic carbocycles. The molecule has 3 N–H and O–H groups in total. The molecule has 7 nitrogen and oxygen atoms in total. The molecule has 0 aliphatic carbocycles. The molecular weight excluding hydrogens is 354 g/mol. The van der Waals surface area contributed by atoms with Crippen molar-refractivity contribution in [3.05, 3.63) is 51.4 Å². The highest BCUT2D eigenvalue weighted by Crippen LogP contribution is 2.19. The van der Waals surface area contributed by atoms with Crippen molar-refractivity contribution in [1.29, 1.82) is 0 Å². The maximum Gasteiger partial charge on any atom is 0.255 e. The van der Waals surface area contributed by atoms with Gasteiger partial charge < -0.3 is 20.1 Å². The molecule has 0 fully saturated rings. The molecule has 0 saturated heterocycles. The quantitative estimate of drug-likeness (QED) is 0.475.